The smallest absolute Gasteiger partial charge is 0.266 e. The first-order valence-corrected chi connectivity index (χ1v) is 10.6. The Morgan fingerprint density at radius 3 is 2.65 bits per heavy atom. The molecule has 1 aromatic carbocycles. The van der Waals surface area contributed by atoms with E-state index in [1.54, 1.807) is 42.7 Å². The van der Waals surface area contributed by atoms with Gasteiger partial charge in [0, 0.05) is 50.2 Å². The van der Waals surface area contributed by atoms with Gasteiger partial charge < -0.3 is 15.1 Å². The number of rotatable bonds is 4. The summed E-state index contributed by atoms with van der Waals surface area (Å²) in [7, 11) is 3.71. The maximum Gasteiger partial charge on any atom is 0.266 e. The van der Waals surface area contributed by atoms with Gasteiger partial charge in [0.05, 0.1) is 23.7 Å². The molecular formula is C22H28F2N6O. The van der Waals surface area contributed by atoms with Crippen LogP contribution in [0.15, 0.2) is 29.5 Å². The second kappa shape index (κ2) is 8.82. The number of halogens is 2. The van der Waals surface area contributed by atoms with Crippen molar-refractivity contribution in [1.82, 2.24) is 20.2 Å². The topological polar surface area (TPSA) is 73.7 Å². The lowest BCUT2D eigenvalue weighted by Crippen LogP contribution is -2.53. The van der Waals surface area contributed by atoms with Gasteiger partial charge in [-0.1, -0.05) is 0 Å². The molecule has 1 aromatic heterocycles. The van der Waals surface area contributed by atoms with Crippen LogP contribution in [0.3, 0.4) is 0 Å². The summed E-state index contributed by atoms with van der Waals surface area (Å²) >= 11 is 0. The highest BCUT2D eigenvalue weighted by Gasteiger charge is 2.44. The Morgan fingerprint density at radius 1 is 1.23 bits per heavy atom. The summed E-state index contributed by atoms with van der Waals surface area (Å²) in [6, 6.07) is 3.62. The summed E-state index contributed by atoms with van der Waals surface area (Å²) in [5.41, 5.74) is 2.47. The molecule has 7 nitrogen and oxygen atoms in total. The predicted molar refractivity (Wildman–Crippen MR) is 117 cm³/mol. The quantitative estimate of drug-likeness (QED) is 0.754. The number of nitrogens with one attached hydrogen (secondary N) is 1. The zero-order valence-corrected chi connectivity index (χ0v) is 17.9. The van der Waals surface area contributed by atoms with Crippen LogP contribution in [0.1, 0.15) is 24.8 Å². The Labute approximate surface area is 180 Å². The average Bonchev–Trinajstić information content (AvgIpc) is 2.74. The minimum atomic E-state index is -2.97. The van der Waals surface area contributed by atoms with Crippen molar-refractivity contribution in [2.24, 2.45) is 10.9 Å². The summed E-state index contributed by atoms with van der Waals surface area (Å²) in [6.45, 7) is 1.57. The molecule has 1 amide bonds. The monoisotopic (exact) mass is 430 g/mol. The third-order valence-electron chi connectivity index (χ3n) is 6.09. The van der Waals surface area contributed by atoms with Gasteiger partial charge in [0.15, 0.2) is 0 Å². The number of carbonyl (C=O) groups excluding carboxylic acids is 1. The van der Waals surface area contributed by atoms with E-state index < -0.39 is 24.8 Å². The van der Waals surface area contributed by atoms with E-state index in [4.69, 9.17) is 0 Å². The van der Waals surface area contributed by atoms with Crippen LogP contribution in [-0.4, -0.2) is 79.2 Å². The maximum absolute atomic E-state index is 14.7. The molecular weight excluding hydrogens is 402 g/mol. The summed E-state index contributed by atoms with van der Waals surface area (Å²) < 4.78 is 29.4. The molecule has 0 saturated carbocycles. The van der Waals surface area contributed by atoms with Crippen molar-refractivity contribution in [2.45, 2.75) is 31.2 Å². The zero-order valence-electron chi connectivity index (χ0n) is 17.9. The number of amides is 1. The molecule has 2 aliphatic rings. The van der Waals surface area contributed by atoms with E-state index in [2.05, 4.69) is 25.2 Å². The molecule has 2 aliphatic heterocycles. The van der Waals surface area contributed by atoms with E-state index in [0.717, 1.165) is 31.5 Å². The lowest BCUT2D eigenvalue weighted by molar-refractivity contribution is -0.130. The van der Waals surface area contributed by atoms with Gasteiger partial charge in [-0.3, -0.25) is 19.8 Å². The molecule has 2 fully saturated rings. The summed E-state index contributed by atoms with van der Waals surface area (Å²) in [5, 5.41) is 3.01. The van der Waals surface area contributed by atoms with Gasteiger partial charge in [0.2, 0.25) is 5.91 Å². The first kappa shape index (κ1) is 21.5. The normalized spacial score (nSPS) is 22.8. The Kier molecular flexibility index (Phi) is 6.13. The lowest BCUT2D eigenvalue weighted by atomic mass is 9.92. The largest absolute Gasteiger partial charge is 0.363 e. The van der Waals surface area contributed by atoms with Crippen molar-refractivity contribution in [3.05, 3.63) is 30.1 Å². The second-order valence-electron chi connectivity index (χ2n) is 8.54. The number of hydrogen-bond acceptors (Lipinski definition) is 6. The number of carbonyl (C=O) groups is 1. The minimum Gasteiger partial charge on any atom is -0.363 e. The molecule has 1 atom stereocenters. The molecule has 0 radical (unpaired) electrons. The highest BCUT2D eigenvalue weighted by atomic mass is 19.3. The third kappa shape index (κ3) is 4.81. The van der Waals surface area contributed by atoms with Crippen LogP contribution in [0, 0.1) is 5.92 Å². The minimum absolute atomic E-state index is 0.0482. The zero-order chi connectivity index (χ0) is 22.0. The van der Waals surface area contributed by atoms with Gasteiger partial charge in [0.1, 0.15) is 5.52 Å². The van der Waals surface area contributed by atoms with E-state index >= 15 is 0 Å². The van der Waals surface area contributed by atoms with E-state index in [1.165, 1.54) is 0 Å². The van der Waals surface area contributed by atoms with Crippen LogP contribution >= 0.6 is 0 Å². The number of aromatic nitrogens is 2. The average molecular weight is 431 g/mol. The molecule has 0 spiro atoms. The fourth-order valence-electron chi connectivity index (χ4n) is 4.49. The molecule has 4 rings (SSSR count). The standard InChI is InChI=1S/C22H28F2N6O/c1-25-12-15-3-4-18(20-19(15)26-7-8-27-20)30-13-16(11-22(23,24)14-30)21(31)28-17-5-9-29(2)10-6-17/h3-4,7-8,12,16-17H,5-6,9-11,13-14H2,1-2H3,(H,28,31). The summed E-state index contributed by atoms with van der Waals surface area (Å²) in [5.74, 6) is -4.04. The first-order chi connectivity index (χ1) is 14.9. The molecule has 166 valence electrons. The van der Waals surface area contributed by atoms with Gasteiger partial charge in [-0.2, -0.15) is 0 Å². The summed E-state index contributed by atoms with van der Waals surface area (Å²) in [6.07, 6.45) is 6.04. The van der Waals surface area contributed by atoms with Crippen LogP contribution in [0.25, 0.3) is 11.0 Å². The molecule has 1 N–H and O–H groups in total. The molecule has 3 heterocycles. The van der Waals surface area contributed by atoms with Crippen molar-refractivity contribution in [3.63, 3.8) is 0 Å². The van der Waals surface area contributed by atoms with Gasteiger partial charge in [-0.15, -0.1) is 0 Å². The number of piperidine rings is 2. The Hall–Kier alpha value is -2.68. The van der Waals surface area contributed by atoms with Gasteiger partial charge in [-0.05, 0) is 45.1 Å². The number of anilines is 1. The maximum atomic E-state index is 14.7. The van der Waals surface area contributed by atoms with Crippen molar-refractivity contribution in [3.8, 4) is 0 Å². The number of alkyl halides is 2. The lowest BCUT2D eigenvalue weighted by Gasteiger charge is -2.39. The van der Waals surface area contributed by atoms with Crippen LogP contribution in [0.2, 0.25) is 0 Å². The number of likely N-dealkylation sites (tertiary alicyclic amines) is 1. The van der Waals surface area contributed by atoms with E-state index in [9.17, 15) is 13.6 Å². The SMILES string of the molecule is CN=Cc1ccc(N2CC(C(=O)NC3CCN(C)CC3)CC(F)(F)C2)c2nccnc12. The van der Waals surface area contributed by atoms with E-state index in [1.807, 2.05) is 7.05 Å². The second-order valence-corrected chi connectivity index (χ2v) is 8.54. The molecule has 0 bridgehead atoms. The highest BCUT2D eigenvalue weighted by molar-refractivity contribution is 6.01. The Balaban J connectivity index is 1.58. The number of fused-ring (bicyclic) bond motifs is 1. The molecule has 1 unspecified atom stereocenters. The summed E-state index contributed by atoms with van der Waals surface area (Å²) in [4.78, 5) is 29.5. The molecule has 2 aromatic rings. The van der Waals surface area contributed by atoms with Crippen LogP contribution in [-0.2, 0) is 4.79 Å². The predicted octanol–water partition coefficient (Wildman–Crippen LogP) is 2.35. The number of nitrogens with zero attached hydrogens (tertiary/aromatic N) is 5. The molecule has 9 heteroatoms. The van der Waals surface area contributed by atoms with Gasteiger partial charge in [0.25, 0.3) is 5.92 Å². The van der Waals surface area contributed by atoms with Crippen LogP contribution in [0.5, 0.6) is 0 Å². The van der Waals surface area contributed by atoms with E-state index in [0.29, 0.717) is 16.7 Å². The fraction of sp³-hybridized carbons (Fsp3) is 0.545. The van der Waals surface area contributed by atoms with Crippen molar-refractivity contribution in [2.75, 3.05) is 45.2 Å². The number of benzene rings is 1. The third-order valence-corrected chi connectivity index (χ3v) is 6.09. The first-order valence-electron chi connectivity index (χ1n) is 10.6. The molecule has 31 heavy (non-hydrogen) atoms. The van der Waals surface area contributed by atoms with Crippen molar-refractivity contribution in [1.29, 1.82) is 0 Å². The Morgan fingerprint density at radius 2 is 1.94 bits per heavy atom. The number of hydrogen-bond donors (Lipinski definition) is 1. The fourth-order valence-corrected chi connectivity index (χ4v) is 4.49. The van der Waals surface area contributed by atoms with E-state index in [-0.39, 0.29) is 18.5 Å². The number of aliphatic imine (C=N–C) groups is 1. The highest BCUT2D eigenvalue weighted by Crippen LogP contribution is 2.36. The molecule has 0 aliphatic carbocycles. The van der Waals surface area contributed by atoms with Crippen LogP contribution in [0.4, 0.5) is 14.5 Å². The van der Waals surface area contributed by atoms with Crippen molar-refractivity contribution < 1.29 is 13.6 Å². The van der Waals surface area contributed by atoms with Gasteiger partial charge >= 0.3 is 0 Å². The molecule has 2 saturated heterocycles. The van der Waals surface area contributed by atoms with Crippen LogP contribution < -0.4 is 10.2 Å². The Bertz CT molecular complexity index is 974. The van der Waals surface area contributed by atoms with Crippen molar-refractivity contribution >= 4 is 28.8 Å². The van der Waals surface area contributed by atoms with Gasteiger partial charge in [-0.25, -0.2) is 8.78 Å².